The van der Waals surface area contributed by atoms with Gasteiger partial charge in [-0.05, 0) is 43.2 Å². The Labute approximate surface area is 303 Å². The average Bonchev–Trinajstić information content (AvgIpc) is 3.53. The number of aliphatic hydroxyl groups is 1. The van der Waals surface area contributed by atoms with E-state index in [1.54, 1.807) is 37.4 Å². The van der Waals surface area contributed by atoms with Crippen molar-refractivity contribution in [2.24, 2.45) is 0 Å². The largest absolute Gasteiger partial charge is 0.481 e. The summed E-state index contributed by atoms with van der Waals surface area (Å²) in [4.78, 5) is 47.2. The molecule has 1 aliphatic rings. The third-order valence-corrected chi connectivity index (χ3v) is 9.51. The summed E-state index contributed by atoms with van der Waals surface area (Å²) < 4.78 is 7.05. The predicted molar refractivity (Wildman–Crippen MR) is 195 cm³/mol. The van der Waals surface area contributed by atoms with E-state index in [1.165, 1.54) is 22.6 Å². The van der Waals surface area contributed by atoms with Gasteiger partial charge in [0.1, 0.15) is 5.65 Å². The van der Waals surface area contributed by atoms with E-state index in [0.717, 1.165) is 11.1 Å². The topological polar surface area (TPSA) is 158 Å². The molecule has 3 aromatic heterocycles. The van der Waals surface area contributed by atoms with Crippen molar-refractivity contribution in [3.63, 3.8) is 0 Å². The third-order valence-electron chi connectivity index (χ3n) is 8.70. The summed E-state index contributed by atoms with van der Waals surface area (Å²) in [5, 5.41) is 26.1. The van der Waals surface area contributed by atoms with Crippen molar-refractivity contribution >= 4 is 40.8 Å². The van der Waals surface area contributed by atoms with Crippen LogP contribution in [0.5, 0.6) is 5.88 Å². The number of nitrogens with one attached hydrogen (secondary N) is 2. The van der Waals surface area contributed by atoms with Gasteiger partial charge in [0, 0.05) is 77.9 Å². The molecule has 0 spiro atoms. The Morgan fingerprint density at radius 1 is 1.06 bits per heavy atom. The summed E-state index contributed by atoms with van der Waals surface area (Å²) >= 11 is 14.1. The standard InChI is InChI=1S/C37H36Cl2N6O6/c1-21(46)16-40-17-24-18-41-31-15-22(13-14-45(31)36(24)48)26-5-3-6-27(33(26)38)28-7-4-8-29(34(28)39)30-11-9-23(35(43-30)51-2)19-44(37(49)50)20-25-10-12-32(47)42-25/h3-9,11,13-15,18,21,25,40,46H,10,12,16-17,19-20H2,1-2H3,(H,42,47)(H,49,50)/t21-,25+/m1/s1. The fourth-order valence-corrected chi connectivity index (χ4v) is 6.79. The summed E-state index contributed by atoms with van der Waals surface area (Å²) in [6.45, 7) is 2.49. The lowest BCUT2D eigenvalue weighted by Crippen LogP contribution is -2.41. The fraction of sp³-hybridized carbons (Fsp3) is 0.270. The molecule has 0 radical (unpaired) electrons. The number of methoxy groups -OCH3 is 1. The highest BCUT2D eigenvalue weighted by atomic mass is 35.5. The van der Waals surface area contributed by atoms with Crippen LogP contribution in [-0.2, 0) is 17.9 Å². The van der Waals surface area contributed by atoms with Gasteiger partial charge >= 0.3 is 6.09 Å². The minimum absolute atomic E-state index is 0.0234. The second-order valence-corrected chi connectivity index (χ2v) is 13.1. The van der Waals surface area contributed by atoms with Crippen molar-refractivity contribution in [3.8, 4) is 39.4 Å². The van der Waals surface area contributed by atoms with Crippen LogP contribution in [0.15, 0.2) is 77.9 Å². The van der Waals surface area contributed by atoms with Crippen molar-refractivity contribution in [1.29, 1.82) is 0 Å². The monoisotopic (exact) mass is 730 g/mol. The molecule has 0 saturated carbocycles. The van der Waals surface area contributed by atoms with Crippen LogP contribution in [0.25, 0.3) is 39.2 Å². The Morgan fingerprint density at radius 2 is 1.76 bits per heavy atom. The van der Waals surface area contributed by atoms with E-state index >= 15 is 0 Å². The average molecular weight is 732 g/mol. The van der Waals surface area contributed by atoms with Crippen molar-refractivity contribution < 1.29 is 24.5 Å². The minimum atomic E-state index is -1.11. The number of carbonyl (C=O) groups is 2. The van der Waals surface area contributed by atoms with Gasteiger partial charge in [-0.3, -0.25) is 14.0 Å². The van der Waals surface area contributed by atoms with Crippen LogP contribution in [0.1, 0.15) is 30.9 Å². The zero-order chi connectivity index (χ0) is 36.2. The number of hydrogen-bond donors (Lipinski definition) is 4. The molecule has 0 bridgehead atoms. The molecule has 4 N–H and O–H groups in total. The van der Waals surface area contributed by atoms with Crippen LogP contribution in [0.4, 0.5) is 4.79 Å². The van der Waals surface area contributed by atoms with Gasteiger partial charge in [-0.2, -0.15) is 0 Å². The molecule has 51 heavy (non-hydrogen) atoms. The lowest BCUT2D eigenvalue weighted by Gasteiger charge is -2.23. The number of ether oxygens (including phenoxy) is 1. The fourth-order valence-electron chi connectivity index (χ4n) is 6.13. The maximum atomic E-state index is 13.1. The number of nitrogens with zero attached hydrogens (tertiary/aromatic N) is 4. The molecule has 0 aliphatic carbocycles. The highest BCUT2D eigenvalue weighted by Crippen LogP contribution is 2.42. The Kier molecular flexibility index (Phi) is 10.9. The maximum absolute atomic E-state index is 13.1. The molecule has 1 aliphatic heterocycles. The second kappa shape index (κ2) is 15.5. The van der Waals surface area contributed by atoms with E-state index < -0.39 is 12.2 Å². The number of fused-ring (bicyclic) bond motifs is 1. The van der Waals surface area contributed by atoms with E-state index in [9.17, 15) is 24.6 Å². The number of benzene rings is 2. The number of aliphatic hydroxyl groups excluding tert-OH is 1. The summed E-state index contributed by atoms with van der Waals surface area (Å²) in [5.41, 5.74) is 5.28. The van der Waals surface area contributed by atoms with Crippen molar-refractivity contribution in [3.05, 3.63) is 105 Å². The van der Waals surface area contributed by atoms with Crippen molar-refractivity contribution in [1.82, 2.24) is 29.9 Å². The molecule has 264 valence electrons. The Balaban J connectivity index is 1.28. The third kappa shape index (κ3) is 7.84. The molecule has 2 atom stereocenters. The zero-order valence-electron chi connectivity index (χ0n) is 27.9. The van der Waals surface area contributed by atoms with E-state index in [0.29, 0.717) is 68.6 Å². The molecule has 6 rings (SSSR count). The summed E-state index contributed by atoms with van der Waals surface area (Å²) in [5.74, 6) is 0.168. The van der Waals surface area contributed by atoms with Crippen LogP contribution < -0.4 is 20.9 Å². The van der Waals surface area contributed by atoms with E-state index in [-0.39, 0.29) is 43.0 Å². The maximum Gasteiger partial charge on any atom is 0.407 e. The minimum Gasteiger partial charge on any atom is -0.481 e. The first-order valence-electron chi connectivity index (χ1n) is 16.3. The zero-order valence-corrected chi connectivity index (χ0v) is 29.4. The molecule has 12 nitrogen and oxygen atoms in total. The van der Waals surface area contributed by atoms with Gasteiger partial charge in [0.05, 0.1) is 35.5 Å². The molecule has 1 saturated heterocycles. The number of carbonyl (C=O) groups excluding carboxylic acids is 1. The number of halogens is 2. The number of rotatable bonds is 12. The normalized spacial score (nSPS) is 14.8. The molecule has 2 amide bonds. The van der Waals surface area contributed by atoms with Crippen LogP contribution in [0.3, 0.4) is 0 Å². The van der Waals surface area contributed by atoms with E-state index in [2.05, 4.69) is 20.6 Å². The summed E-state index contributed by atoms with van der Waals surface area (Å²) in [6.07, 6.45) is 2.51. The van der Waals surface area contributed by atoms with E-state index in [1.807, 2.05) is 36.4 Å². The number of aromatic nitrogens is 3. The van der Waals surface area contributed by atoms with Crippen molar-refractivity contribution in [2.75, 3.05) is 20.2 Å². The van der Waals surface area contributed by atoms with Gasteiger partial charge in [0.2, 0.25) is 11.8 Å². The second-order valence-electron chi connectivity index (χ2n) is 12.4. The van der Waals surface area contributed by atoms with Gasteiger partial charge in [0.25, 0.3) is 5.56 Å². The van der Waals surface area contributed by atoms with Crippen LogP contribution in [0, 0.1) is 0 Å². The van der Waals surface area contributed by atoms with Gasteiger partial charge in [-0.1, -0.05) is 59.6 Å². The molecule has 0 unspecified atom stereocenters. The Morgan fingerprint density at radius 3 is 2.43 bits per heavy atom. The highest BCUT2D eigenvalue weighted by Gasteiger charge is 2.26. The summed E-state index contributed by atoms with van der Waals surface area (Å²) in [7, 11) is 1.47. The summed E-state index contributed by atoms with van der Waals surface area (Å²) in [6, 6.07) is 18.1. The number of pyridine rings is 2. The van der Waals surface area contributed by atoms with Crippen LogP contribution in [-0.4, -0.2) is 73.8 Å². The van der Waals surface area contributed by atoms with E-state index in [4.69, 9.17) is 27.9 Å². The lowest BCUT2D eigenvalue weighted by atomic mass is 9.97. The quantitative estimate of drug-likeness (QED) is 0.128. The molecule has 2 aromatic carbocycles. The number of amides is 2. The Hall–Kier alpha value is -5.01. The van der Waals surface area contributed by atoms with Gasteiger partial charge in [-0.15, -0.1) is 0 Å². The number of hydrogen-bond acceptors (Lipinski definition) is 8. The molecule has 5 aromatic rings. The number of carboxylic acid groups (broad SMARTS) is 1. The SMILES string of the molecule is COc1nc(-c2cccc(-c3cccc(-c4ccn5c(=O)c(CNC[C@@H](C)O)cnc5c4)c3Cl)c2Cl)ccc1CN(C[C@@H]1CCC(=O)N1)C(=O)O. The van der Waals surface area contributed by atoms with Gasteiger partial charge < -0.3 is 30.5 Å². The Bertz CT molecular complexity index is 2170. The molecule has 1 fully saturated rings. The molecular formula is C37H36Cl2N6O6. The van der Waals surface area contributed by atoms with Gasteiger partial charge in [-0.25, -0.2) is 14.8 Å². The highest BCUT2D eigenvalue weighted by molar-refractivity contribution is 6.39. The molecular weight excluding hydrogens is 695 g/mol. The first-order chi connectivity index (χ1) is 24.5. The molecule has 4 heterocycles. The smallest absolute Gasteiger partial charge is 0.407 e. The lowest BCUT2D eigenvalue weighted by molar-refractivity contribution is -0.119. The first kappa shape index (κ1) is 35.8. The van der Waals surface area contributed by atoms with Crippen molar-refractivity contribution in [2.45, 2.75) is 45.0 Å². The predicted octanol–water partition coefficient (Wildman–Crippen LogP) is 5.63. The molecule has 14 heteroatoms. The van der Waals surface area contributed by atoms with Gasteiger partial charge in [0.15, 0.2) is 0 Å². The van der Waals surface area contributed by atoms with Crippen LogP contribution in [0.2, 0.25) is 10.0 Å². The first-order valence-corrected chi connectivity index (χ1v) is 17.1. The van der Waals surface area contributed by atoms with Crippen LogP contribution >= 0.6 is 23.2 Å².